The first kappa shape index (κ1) is 12.6. The highest BCUT2D eigenvalue weighted by Gasteiger charge is 2.30. The molecule has 1 aromatic rings. The lowest BCUT2D eigenvalue weighted by molar-refractivity contribution is -0.110. The largest absolute Gasteiger partial charge is 0.287 e. The zero-order chi connectivity index (χ0) is 12.3. The first-order valence-electron chi connectivity index (χ1n) is 6.07. The summed E-state index contributed by atoms with van der Waals surface area (Å²) in [7, 11) is -1.65. The Morgan fingerprint density at radius 3 is 2.59 bits per heavy atom. The average molecular weight is 262 g/mol. The van der Waals surface area contributed by atoms with Crippen LogP contribution in [-0.2, 0) is 4.79 Å². The molecule has 0 saturated heterocycles. The first-order valence-corrected chi connectivity index (χ1v) is 9.89. The topological polar surface area (TPSA) is 17.1 Å². The van der Waals surface area contributed by atoms with Crippen molar-refractivity contribution in [3.05, 3.63) is 40.9 Å². The van der Waals surface area contributed by atoms with Gasteiger partial charge in [-0.2, -0.15) is 0 Å². The van der Waals surface area contributed by atoms with Gasteiger partial charge in [0.05, 0.1) is 0 Å². The van der Waals surface area contributed by atoms with Crippen LogP contribution in [0.15, 0.2) is 40.9 Å². The molecule has 0 amide bonds. The van der Waals surface area contributed by atoms with Gasteiger partial charge in [0.2, 0.25) is 0 Å². The van der Waals surface area contributed by atoms with E-state index >= 15 is 0 Å². The van der Waals surface area contributed by atoms with Crippen LogP contribution in [-0.4, -0.2) is 13.2 Å². The van der Waals surface area contributed by atoms with E-state index in [-0.39, 0.29) is 0 Å². The molecule has 0 aliphatic carbocycles. The van der Waals surface area contributed by atoms with Crippen LogP contribution < -0.4 is 5.19 Å². The summed E-state index contributed by atoms with van der Waals surface area (Å²) in [6.07, 6.45) is 5.09. The fourth-order valence-electron chi connectivity index (χ4n) is 2.07. The van der Waals surface area contributed by atoms with Gasteiger partial charge in [0.25, 0.3) is 0 Å². The minimum atomic E-state index is -1.65. The molecule has 1 heterocycles. The molecule has 1 aliphatic heterocycles. The highest BCUT2D eigenvalue weighted by atomic mass is 32.2. The standard InChI is InChI=1S/C14H18OSSi/c1-17(2,12-8-4-3-5-9-12)14-11-7-6-10-13(15)16-14/h3-5,8-9,11H,6-7,10H2,1-2H3. The third kappa shape index (κ3) is 2.90. The molecule has 0 atom stereocenters. The normalized spacial score (nSPS) is 17.5. The zero-order valence-electron chi connectivity index (χ0n) is 10.4. The van der Waals surface area contributed by atoms with E-state index in [9.17, 15) is 4.79 Å². The minimum Gasteiger partial charge on any atom is -0.287 e. The Bertz CT molecular complexity index is 437. The fourth-order valence-corrected chi connectivity index (χ4v) is 6.45. The van der Waals surface area contributed by atoms with Crippen LogP contribution in [0, 0.1) is 0 Å². The summed E-state index contributed by atoms with van der Waals surface area (Å²) in [5.41, 5.74) is 0. The van der Waals surface area contributed by atoms with Crippen molar-refractivity contribution in [3.63, 3.8) is 0 Å². The van der Waals surface area contributed by atoms with E-state index in [1.807, 2.05) is 6.07 Å². The summed E-state index contributed by atoms with van der Waals surface area (Å²) in [6.45, 7) is 4.67. The molecule has 0 unspecified atom stereocenters. The van der Waals surface area contributed by atoms with Crippen molar-refractivity contribution in [2.24, 2.45) is 0 Å². The monoisotopic (exact) mass is 262 g/mol. The van der Waals surface area contributed by atoms with Gasteiger partial charge < -0.3 is 0 Å². The number of carbonyl (C=O) groups excluding carboxylic acids is 1. The van der Waals surface area contributed by atoms with Crippen molar-refractivity contribution in [1.29, 1.82) is 0 Å². The van der Waals surface area contributed by atoms with Gasteiger partial charge in [0, 0.05) is 6.42 Å². The molecule has 0 saturated carbocycles. The maximum absolute atomic E-state index is 11.7. The van der Waals surface area contributed by atoms with Crippen LogP contribution in [0.5, 0.6) is 0 Å². The van der Waals surface area contributed by atoms with Gasteiger partial charge in [-0.25, -0.2) is 0 Å². The van der Waals surface area contributed by atoms with Crippen LogP contribution in [0.25, 0.3) is 0 Å². The molecule has 17 heavy (non-hydrogen) atoms. The molecule has 3 heteroatoms. The Balaban J connectivity index is 2.31. The summed E-state index contributed by atoms with van der Waals surface area (Å²) in [5, 5.41) is 1.75. The van der Waals surface area contributed by atoms with Gasteiger partial charge in [-0.15, -0.1) is 0 Å². The molecule has 2 rings (SSSR count). The summed E-state index contributed by atoms with van der Waals surface area (Å²) >= 11 is 1.49. The molecule has 0 fully saturated rings. The molecule has 90 valence electrons. The molecule has 0 radical (unpaired) electrons. The van der Waals surface area contributed by atoms with Gasteiger partial charge in [-0.3, -0.25) is 4.79 Å². The summed E-state index contributed by atoms with van der Waals surface area (Å²) in [6, 6.07) is 10.6. The van der Waals surface area contributed by atoms with Crippen LogP contribution in [0.3, 0.4) is 0 Å². The molecular weight excluding hydrogens is 244 g/mol. The van der Waals surface area contributed by atoms with Crippen molar-refractivity contribution in [1.82, 2.24) is 0 Å². The second-order valence-electron chi connectivity index (χ2n) is 4.93. The molecule has 1 aromatic carbocycles. The Kier molecular flexibility index (Phi) is 3.89. The molecule has 0 bridgehead atoms. The third-order valence-corrected chi connectivity index (χ3v) is 9.12. The Labute approximate surface area is 108 Å². The number of rotatable bonds is 2. The maximum atomic E-state index is 11.7. The number of thioether (sulfide) groups is 1. The number of benzene rings is 1. The van der Waals surface area contributed by atoms with Crippen LogP contribution in [0.4, 0.5) is 0 Å². The maximum Gasteiger partial charge on any atom is 0.193 e. The second-order valence-corrected chi connectivity index (χ2v) is 10.8. The lowest BCUT2D eigenvalue weighted by Crippen LogP contribution is -2.43. The SMILES string of the molecule is C[Si](C)(C1=CCCCC(=O)S1)c1ccccc1. The Morgan fingerprint density at radius 1 is 1.18 bits per heavy atom. The van der Waals surface area contributed by atoms with Gasteiger partial charge in [-0.1, -0.05) is 66.5 Å². The van der Waals surface area contributed by atoms with Crippen molar-refractivity contribution in [3.8, 4) is 0 Å². The van der Waals surface area contributed by atoms with E-state index in [2.05, 4.69) is 43.4 Å². The smallest absolute Gasteiger partial charge is 0.193 e. The van der Waals surface area contributed by atoms with Crippen molar-refractivity contribution in [2.75, 3.05) is 0 Å². The van der Waals surface area contributed by atoms with E-state index in [4.69, 9.17) is 0 Å². The minimum absolute atomic E-state index is 0.338. The average Bonchev–Trinajstić information content (AvgIpc) is 2.55. The van der Waals surface area contributed by atoms with Crippen LogP contribution >= 0.6 is 11.8 Å². The molecular formula is C14H18OSSi. The van der Waals surface area contributed by atoms with Gasteiger partial charge in [0.1, 0.15) is 8.07 Å². The van der Waals surface area contributed by atoms with Crippen LogP contribution in [0.1, 0.15) is 19.3 Å². The first-order chi connectivity index (χ1) is 8.10. The van der Waals surface area contributed by atoms with E-state index in [1.165, 1.54) is 21.5 Å². The molecule has 0 N–H and O–H groups in total. The van der Waals surface area contributed by atoms with Crippen molar-refractivity contribution >= 4 is 30.1 Å². The molecule has 1 nitrogen and oxygen atoms in total. The lowest BCUT2D eigenvalue weighted by atomic mass is 10.2. The highest BCUT2D eigenvalue weighted by molar-refractivity contribution is 8.18. The number of carbonyl (C=O) groups is 1. The van der Waals surface area contributed by atoms with E-state index in [0.717, 1.165) is 19.3 Å². The predicted octanol–water partition coefficient (Wildman–Crippen LogP) is 3.47. The summed E-state index contributed by atoms with van der Waals surface area (Å²) in [4.78, 5) is 11.7. The van der Waals surface area contributed by atoms with Gasteiger partial charge in [0.15, 0.2) is 5.12 Å². The molecule has 0 spiro atoms. The second kappa shape index (κ2) is 5.23. The third-order valence-electron chi connectivity index (χ3n) is 3.25. The summed E-state index contributed by atoms with van der Waals surface area (Å²) < 4.78 is 1.34. The van der Waals surface area contributed by atoms with E-state index < -0.39 is 8.07 Å². The number of allylic oxidation sites excluding steroid dienone is 1. The highest BCUT2D eigenvalue weighted by Crippen LogP contribution is 2.31. The van der Waals surface area contributed by atoms with Gasteiger partial charge >= 0.3 is 0 Å². The fraction of sp³-hybridized carbons (Fsp3) is 0.357. The van der Waals surface area contributed by atoms with E-state index in [0.29, 0.717) is 5.12 Å². The molecule has 0 aromatic heterocycles. The molecule has 1 aliphatic rings. The van der Waals surface area contributed by atoms with Crippen LogP contribution in [0.2, 0.25) is 13.1 Å². The predicted molar refractivity (Wildman–Crippen MR) is 78.1 cm³/mol. The Hall–Kier alpha value is -0.803. The lowest BCUT2D eigenvalue weighted by Gasteiger charge is -2.25. The van der Waals surface area contributed by atoms with Crippen molar-refractivity contribution in [2.45, 2.75) is 32.4 Å². The van der Waals surface area contributed by atoms with E-state index in [1.54, 1.807) is 0 Å². The van der Waals surface area contributed by atoms with Crippen molar-refractivity contribution < 1.29 is 4.79 Å². The quantitative estimate of drug-likeness (QED) is 0.759. The number of hydrogen-bond acceptors (Lipinski definition) is 2. The Morgan fingerprint density at radius 2 is 1.88 bits per heavy atom. The number of hydrogen-bond donors (Lipinski definition) is 0. The zero-order valence-corrected chi connectivity index (χ0v) is 12.2. The van der Waals surface area contributed by atoms with Gasteiger partial charge in [-0.05, 0) is 17.4 Å². The summed E-state index contributed by atoms with van der Waals surface area (Å²) in [5.74, 6) is 0.